The zero-order valence-corrected chi connectivity index (χ0v) is 13.4. The molecule has 1 aromatic heterocycles. The first-order chi connectivity index (χ1) is 11.8. The van der Waals surface area contributed by atoms with Crippen molar-refractivity contribution >= 4 is 17.4 Å². The Hall–Kier alpha value is -3.07. The summed E-state index contributed by atoms with van der Waals surface area (Å²) in [5.74, 6) is 1.04. The lowest BCUT2D eigenvalue weighted by atomic mass is 10.2. The molecule has 2 heterocycles. The van der Waals surface area contributed by atoms with Gasteiger partial charge in [0.15, 0.2) is 0 Å². The summed E-state index contributed by atoms with van der Waals surface area (Å²) in [4.78, 5) is 20.7. The molecule has 0 bridgehead atoms. The predicted octanol–water partition coefficient (Wildman–Crippen LogP) is 1.71. The maximum atomic E-state index is 12.3. The largest absolute Gasteiger partial charge is 0.376 e. The van der Waals surface area contributed by atoms with E-state index in [-0.39, 0.29) is 12.5 Å². The molecule has 1 N–H and O–H groups in total. The number of aromatic nitrogens is 1. The lowest BCUT2D eigenvalue weighted by Crippen LogP contribution is -2.50. The molecule has 0 spiro atoms. The average molecular weight is 321 g/mol. The molecule has 1 fully saturated rings. The normalized spacial score (nSPS) is 14.1. The smallest absolute Gasteiger partial charge is 0.241 e. The van der Waals surface area contributed by atoms with Gasteiger partial charge in [0, 0.05) is 38.1 Å². The van der Waals surface area contributed by atoms with Crippen molar-refractivity contribution in [2.24, 2.45) is 0 Å². The van der Waals surface area contributed by atoms with Crippen molar-refractivity contribution in [3.8, 4) is 6.07 Å². The Labute approximate surface area is 141 Å². The van der Waals surface area contributed by atoms with E-state index in [0.29, 0.717) is 18.7 Å². The number of nitriles is 1. The molecule has 1 amide bonds. The van der Waals surface area contributed by atoms with E-state index in [2.05, 4.69) is 21.3 Å². The van der Waals surface area contributed by atoms with Gasteiger partial charge >= 0.3 is 0 Å². The summed E-state index contributed by atoms with van der Waals surface area (Å²) in [5.41, 5.74) is 1.45. The standard InChI is InChI=1S/C18H19N5O/c19-13-15-4-6-16(7-5-15)21-14-18(24)23-11-9-22(10-12-23)17-3-1-2-8-20-17/h1-8,21H,9-12,14H2. The minimum Gasteiger partial charge on any atom is -0.376 e. The van der Waals surface area contributed by atoms with Gasteiger partial charge in [-0.25, -0.2) is 4.98 Å². The van der Waals surface area contributed by atoms with E-state index >= 15 is 0 Å². The predicted molar refractivity (Wildman–Crippen MR) is 92.7 cm³/mol. The summed E-state index contributed by atoms with van der Waals surface area (Å²) < 4.78 is 0. The number of benzene rings is 1. The first-order valence-corrected chi connectivity index (χ1v) is 7.94. The van der Waals surface area contributed by atoms with E-state index in [0.717, 1.165) is 24.6 Å². The summed E-state index contributed by atoms with van der Waals surface area (Å²) in [6.45, 7) is 3.24. The van der Waals surface area contributed by atoms with E-state index in [1.54, 1.807) is 18.3 Å². The van der Waals surface area contributed by atoms with Gasteiger partial charge < -0.3 is 15.1 Å². The van der Waals surface area contributed by atoms with Crippen LogP contribution in [0.4, 0.5) is 11.5 Å². The van der Waals surface area contributed by atoms with Crippen molar-refractivity contribution in [2.45, 2.75) is 0 Å². The van der Waals surface area contributed by atoms with Gasteiger partial charge in [0.25, 0.3) is 0 Å². The van der Waals surface area contributed by atoms with Crippen LogP contribution in [0.2, 0.25) is 0 Å². The number of amides is 1. The summed E-state index contributed by atoms with van der Waals surface area (Å²) in [5, 5.41) is 11.9. The molecule has 0 radical (unpaired) electrons. The summed E-state index contributed by atoms with van der Waals surface area (Å²) in [7, 11) is 0. The molecule has 0 saturated carbocycles. The second kappa shape index (κ2) is 7.47. The summed E-state index contributed by atoms with van der Waals surface area (Å²) in [6, 6.07) is 15.0. The average Bonchev–Trinajstić information content (AvgIpc) is 2.67. The van der Waals surface area contributed by atoms with Crippen molar-refractivity contribution in [1.82, 2.24) is 9.88 Å². The quantitative estimate of drug-likeness (QED) is 0.928. The summed E-state index contributed by atoms with van der Waals surface area (Å²) >= 11 is 0. The molecule has 1 aromatic carbocycles. The highest BCUT2D eigenvalue weighted by Crippen LogP contribution is 2.13. The molecule has 6 heteroatoms. The lowest BCUT2D eigenvalue weighted by molar-refractivity contribution is -0.129. The maximum absolute atomic E-state index is 12.3. The number of carbonyl (C=O) groups excluding carboxylic acids is 1. The number of carbonyl (C=O) groups is 1. The molecule has 122 valence electrons. The Morgan fingerprint density at radius 3 is 2.50 bits per heavy atom. The Bertz CT molecular complexity index is 715. The van der Waals surface area contributed by atoms with Crippen LogP contribution < -0.4 is 10.2 Å². The Kier molecular flexibility index (Phi) is 4.92. The molecule has 1 saturated heterocycles. The Morgan fingerprint density at radius 1 is 1.12 bits per heavy atom. The minimum atomic E-state index is 0.0834. The number of pyridine rings is 1. The van der Waals surface area contributed by atoms with Gasteiger partial charge in [0.05, 0.1) is 18.2 Å². The van der Waals surface area contributed by atoms with Crippen molar-refractivity contribution in [1.29, 1.82) is 5.26 Å². The fraction of sp³-hybridized carbons (Fsp3) is 0.278. The van der Waals surface area contributed by atoms with Crippen molar-refractivity contribution in [3.63, 3.8) is 0 Å². The van der Waals surface area contributed by atoms with Crippen LogP contribution in [0.5, 0.6) is 0 Å². The monoisotopic (exact) mass is 321 g/mol. The Balaban J connectivity index is 1.47. The van der Waals surface area contributed by atoms with Gasteiger partial charge in [0.1, 0.15) is 5.82 Å². The fourth-order valence-corrected chi connectivity index (χ4v) is 2.68. The van der Waals surface area contributed by atoms with E-state index in [9.17, 15) is 4.79 Å². The third-order valence-electron chi connectivity index (χ3n) is 4.06. The molecule has 2 aromatic rings. The second-order valence-corrected chi connectivity index (χ2v) is 5.60. The number of anilines is 2. The third kappa shape index (κ3) is 3.82. The number of piperazine rings is 1. The van der Waals surface area contributed by atoms with Crippen molar-refractivity contribution in [3.05, 3.63) is 54.2 Å². The molecule has 1 aliphatic heterocycles. The van der Waals surface area contributed by atoms with Gasteiger partial charge in [-0.2, -0.15) is 5.26 Å². The van der Waals surface area contributed by atoms with Crippen LogP contribution >= 0.6 is 0 Å². The number of nitrogens with one attached hydrogen (secondary N) is 1. The zero-order valence-electron chi connectivity index (χ0n) is 13.4. The maximum Gasteiger partial charge on any atom is 0.241 e. The highest BCUT2D eigenvalue weighted by molar-refractivity contribution is 5.81. The first-order valence-electron chi connectivity index (χ1n) is 7.94. The van der Waals surface area contributed by atoms with Crippen molar-refractivity contribution < 1.29 is 4.79 Å². The van der Waals surface area contributed by atoms with Crippen LogP contribution in [0.1, 0.15) is 5.56 Å². The fourth-order valence-electron chi connectivity index (χ4n) is 2.68. The van der Waals surface area contributed by atoms with E-state index in [1.807, 2.05) is 35.2 Å². The van der Waals surface area contributed by atoms with Crippen LogP contribution in [0, 0.1) is 11.3 Å². The highest BCUT2D eigenvalue weighted by Gasteiger charge is 2.21. The van der Waals surface area contributed by atoms with Crippen molar-refractivity contribution in [2.75, 3.05) is 42.9 Å². The topological polar surface area (TPSA) is 72.3 Å². The SMILES string of the molecule is N#Cc1ccc(NCC(=O)N2CCN(c3ccccn3)CC2)cc1. The van der Waals surface area contributed by atoms with Crippen LogP contribution in [-0.4, -0.2) is 48.5 Å². The van der Waals surface area contributed by atoms with Crippen LogP contribution in [-0.2, 0) is 4.79 Å². The highest BCUT2D eigenvalue weighted by atomic mass is 16.2. The van der Waals surface area contributed by atoms with Crippen LogP contribution in [0.25, 0.3) is 0 Å². The number of hydrogen-bond donors (Lipinski definition) is 1. The molecular formula is C18H19N5O. The van der Waals surface area contributed by atoms with E-state index in [4.69, 9.17) is 5.26 Å². The first kappa shape index (κ1) is 15.8. The molecule has 6 nitrogen and oxygen atoms in total. The molecule has 3 rings (SSSR count). The number of rotatable bonds is 4. The second-order valence-electron chi connectivity index (χ2n) is 5.60. The third-order valence-corrected chi connectivity index (χ3v) is 4.06. The minimum absolute atomic E-state index is 0.0834. The molecule has 0 atom stereocenters. The zero-order chi connectivity index (χ0) is 16.8. The molecule has 1 aliphatic rings. The molecule has 0 aliphatic carbocycles. The van der Waals surface area contributed by atoms with Gasteiger partial charge in [-0.1, -0.05) is 6.07 Å². The lowest BCUT2D eigenvalue weighted by Gasteiger charge is -2.35. The van der Waals surface area contributed by atoms with E-state index < -0.39 is 0 Å². The van der Waals surface area contributed by atoms with Gasteiger partial charge in [-0.05, 0) is 36.4 Å². The van der Waals surface area contributed by atoms with Gasteiger partial charge in [-0.3, -0.25) is 4.79 Å². The molecule has 0 unspecified atom stereocenters. The summed E-state index contributed by atoms with van der Waals surface area (Å²) in [6.07, 6.45) is 1.79. The number of hydrogen-bond acceptors (Lipinski definition) is 5. The van der Waals surface area contributed by atoms with Crippen LogP contribution in [0.15, 0.2) is 48.7 Å². The Morgan fingerprint density at radius 2 is 1.88 bits per heavy atom. The number of nitrogens with zero attached hydrogens (tertiary/aromatic N) is 4. The van der Waals surface area contributed by atoms with Gasteiger partial charge in [-0.15, -0.1) is 0 Å². The van der Waals surface area contributed by atoms with Gasteiger partial charge in [0.2, 0.25) is 5.91 Å². The molecular weight excluding hydrogens is 302 g/mol. The van der Waals surface area contributed by atoms with E-state index in [1.165, 1.54) is 0 Å². The van der Waals surface area contributed by atoms with Crippen LogP contribution in [0.3, 0.4) is 0 Å². The molecule has 24 heavy (non-hydrogen) atoms.